The summed E-state index contributed by atoms with van der Waals surface area (Å²) in [6, 6.07) is 17.3. The number of nitrogens with one attached hydrogen (secondary N) is 2. The van der Waals surface area contributed by atoms with Gasteiger partial charge in [-0.15, -0.1) is 0 Å². The average Bonchev–Trinajstić information content (AvgIpc) is 2.71. The number of amides is 1. The molecule has 0 bridgehead atoms. The second-order valence-corrected chi connectivity index (χ2v) is 9.37. The van der Waals surface area contributed by atoms with E-state index in [4.69, 9.17) is 27.9 Å². The number of benzene rings is 3. The Labute approximate surface area is 192 Å². The van der Waals surface area contributed by atoms with Gasteiger partial charge < -0.3 is 10.1 Å². The van der Waals surface area contributed by atoms with Crippen molar-refractivity contribution in [3.63, 3.8) is 0 Å². The maximum absolute atomic E-state index is 12.5. The third-order valence-electron chi connectivity index (χ3n) is 3.82. The number of carbonyl (C=O) groups excluding carboxylic acids is 1. The van der Waals surface area contributed by atoms with Gasteiger partial charge >= 0.3 is 0 Å². The SMILES string of the molecule is O=C(COc1ccc(S(=O)(=O)Nc2ccc(Cl)c(Cl)c2)cc1)Nc1ccccc1Br. The predicted octanol–water partition coefficient (Wildman–Crippen LogP) is 5.57. The Morgan fingerprint density at radius 1 is 0.967 bits per heavy atom. The van der Waals surface area contributed by atoms with Crippen molar-refractivity contribution in [1.29, 1.82) is 0 Å². The fraction of sp³-hybridized carbons (Fsp3) is 0.0500. The molecule has 0 radical (unpaired) electrons. The van der Waals surface area contributed by atoms with Crippen molar-refractivity contribution in [3.05, 3.63) is 81.2 Å². The van der Waals surface area contributed by atoms with Crippen LogP contribution in [0.2, 0.25) is 10.0 Å². The molecule has 0 heterocycles. The first-order valence-corrected chi connectivity index (χ1v) is 11.5. The highest BCUT2D eigenvalue weighted by Gasteiger charge is 2.15. The summed E-state index contributed by atoms with van der Waals surface area (Å²) in [5, 5.41) is 3.28. The van der Waals surface area contributed by atoms with E-state index in [0.29, 0.717) is 16.5 Å². The van der Waals surface area contributed by atoms with Crippen LogP contribution in [0.1, 0.15) is 0 Å². The first-order chi connectivity index (χ1) is 14.2. The summed E-state index contributed by atoms with van der Waals surface area (Å²) in [6.07, 6.45) is 0. The Bertz CT molecular complexity index is 1170. The van der Waals surface area contributed by atoms with Gasteiger partial charge in [0.05, 0.1) is 26.3 Å². The molecule has 30 heavy (non-hydrogen) atoms. The largest absolute Gasteiger partial charge is 0.484 e. The third-order valence-corrected chi connectivity index (χ3v) is 6.65. The zero-order chi connectivity index (χ0) is 21.7. The number of carbonyl (C=O) groups is 1. The van der Waals surface area contributed by atoms with Crippen molar-refractivity contribution in [2.45, 2.75) is 4.90 Å². The average molecular weight is 530 g/mol. The number of ether oxygens (including phenoxy) is 1. The molecular formula is C20H15BrCl2N2O4S. The molecule has 0 fully saturated rings. The number of sulfonamides is 1. The highest BCUT2D eigenvalue weighted by molar-refractivity contribution is 9.10. The number of hydrogen-bond donors (Lipinski definition) is 2. The van der Waals surface area contributed by atoms with Crippen LogP contribution in [0, 0.1) is 0 Å². The van der Waals surface area contributed by atoms with Crippen molar-refractivity contribution in [3.8, 4) is 5.75 Å². The minimum atomic E-state index is -3.83. The van der Waals surface area contributed by atoms with Gasteiger partial charge in [-0.3, -0.25) is 9.52 Å². The van der Waals surface area contributed by atoms with E-state index in [1.54, 1.807) is 12.1 Å². The van der Waals surface area contributed by atoms with Gasteiger partial charge in [-0.05, 0) is 70.5 Å². The monoisotopic (exact) mass is 528 g/mol. The van der Waals surface area contributed by atoms with Crippen LogP contribution in [0.3, 0.4) is 0 Å². The Balaban J connectivity index is 1.60. The van der Waals surface area contributed by atoms with Crippen LogP contribution in [0.25, 0.3) is 0 Å². The lowest BCUT2D eigenvalue weighted by molar-refractivity contribution is -0.118. The molecule has 2 N–H and O–H groups in total. The van der Waals surface area contributed by atoms with E-state index < -0.39 is 10.0 Å². The van der Waals surface area contributed by atoms with Crippen LogP contribution >= 0.6 is 39.1 Å². The normalized spacial score (nSPS) is 11.0. The molecule has 0 unspecified atom stereocenters. The van der Waals surface area contributed by atoms with Crippen LogP contribution in [-0.4, -0.2) is 20.9 Å². The van der Waals surface area contributed by atoms with E-state index in [-0.39, 0.29) is 28.1 Å². The van der Waals surface area contributed by atoms with Gasteiger partial charge in [0.2, 0.25) is 0 Å². The standard InChI is InChI=1S/C20H15BrCl2N2O4S/c21-16-3-1-2-4-19(16)24-20(26)12-29-14-6-8-15(9-7-14)30(27,28)25-13-5-10-17(22)18(23)11-13/h1-11,25H,12H2,(H,24,26). The van der Waals surface area contributed by atoms with E-state index in [2.05, 4.69) is 26.0 Å². The molecule has 0 aliphatic rings. The van der Waals surface area contributed by atoms with Crippen molar-refractivity contribution < 1.29 is 17.9 Å². The molecule has 0 spiro atoms. The van der Waals surface area contributed by atoms with Gasteiger partial charge in [-0.25, -0.2) is 8.42 Å². The summed E-state index contributed by atoms with van der Waals surface area (Å²) in [4.78, 5) is 12.1. The van der Waals surface area contributed by atoms with E-state index in [9.17, 15) is 13.2 Å². The van der Waals surface area contributed by atoms with E-state index in [1.807, 2.05) is 12.1 Å². The molecule has 0 atom stereocenters. The number of anilines is 2. The van der Waals surface area contributed by atoms with Gasteiger partial charge in [0.1, 0.15) is 5.75 Å². The lowest BCUT2D eigenvalue weighted by Gasteiger charge is -2.11. The molecule has 0 aromatic heterocycles. The molecule has 3 rings (SSSR count). The summed E-state index contributed by atoms with van der Waals surface area (Å²) in [5.74, 6) is 0.00523. The quantitative estimate of drug-likeness (QED) is 0.418. The van der Waals surface area contributed by atoms with Crippen molar-refractivity contribution in [1.82, 2.24) is 0 Å². The van der Waals surface area contributed by atoms with Gasteiger partial charge in [-0.2, -0.15) is 0 Å². The van der Waals surface area contributed by atoms with Gasteiger partial charge in [0, 0.05) is 4.47 Å². The molecule has 10 heteroatoms. The Kier molecular flexibility index (Phi) is 7.25. The van der Waals surface area contributed by atoms with Crippen LogP contribution in [0.5, 0.6) is 5.75 Å². The van der Waals surface area contributed by atoms with Gasteiger partial charge in [0.15, 0.2) is 6.61 Å². The van der Waals surface area contributed by atoms with Crippen LogP contribution < -0.4 is 14.8 Å². The van der Waals surface area contributed by atoms with E-state index >= 15 is 0 Å². The van der Waals surface area contributed by atoms with Crippen LogP contribution in [-0.2, 0) is 14.8 Å². The Morgan fingerprint density at radius 3 is 2.33 bits per heavy atom. The topological polar surface area (TPSA) is 84.5 Å². The number of hydrogen-bond acceptors (Lipinski definition) is 4. The molecule has 0 aliphatic carbocycles. The number of halogens is 3. The predicted molar refractivity (Wildman–Crippen MR) is 122 cm³/mol. The smallest absolute Gasteiger partial charge is 0.262 e. The molecule has 0 aliphatic heterocycles. The zero-order valence-corrected chi connectivity index (χ0v) is 19.1. The van der Waals surface area contributed by atoms with Crippen molar-refractivity contribution in [2.75, 3.05) is 16.6 Å². The summed E-state index contributed by atoms with van der Waals surface area (Å²) < 4.78 is 33.6. The molecule has 0 saturated heterocycles. The van der Waals surface area contributed by atoms with Crippen molar-refractivity contribution >= 4 is 66.4 Å². The number of rotatable bonds is 7. The highest BCUT2D eigenvalue weighted by atomic mass is 79.9. The summed E-state index contributed by atoms with van der Waals surface area (Å²) >= 11 is 15.1. The van der Waals surface area contributed by atoms with Crippen LogP contribution in [0.4, 0.5) is 11.4 Å². The number of para-hydroxylation sites is 1. The maximum Gasteiger partial charge on any atom is 0.262 e. The van der Waals surface area contributed by atoms with E-state index in [0.717, 1.165) is 4.47 Å². The fourth-order valence-electron chi connectivity index (χ4n) is 2.39. The molecular weight excluding hydrogens is 515 g/mol. The lowest BCUT2D eigenvalue weighted by atomic mass is 10.3. The Morgan fingerprint density at radius 2 is 1.67 bits per heavy atom. The zero-order valence-electron chi connectivity index (χ0n) is 15.2. The van der Waals surface area contributed by atoms with Crippen LogP contribution in [0.15, 0.2) is 76.1 Å². The fourth-order valence-corrected chi connectivity index (χ4v) is 4.12. The second kappa shape index (κ2) is 9.70. The van der Waals surface area contributed by atoms with E-state index in [1.165, 1.54) is 42.5 Å². The highest BCUT2D eigenvalue weighted by Crippen LogP contribution is 2.27. The first-order valence-electron chi connectivity index (χ1n) is 8.50. The first kappa shape index (κ1) is 22.4. The summed E-state index contributed by atoms with van der Waals surface area (Å²) in [6.45, 7) is -0.227. The summed E-state index contributed by atoms with van der Waals surface area (Å²) in [7, 11) is -3.83. The third kappa shape index (κ3) is 5.89. The van der Waals surface area contributed by atoms with Crippen molar-refractivity contribution in [2.24, 2.45) is 0 Å². The summed E-state index contributed by atoms with van der Waals surface area (Å²) in [5.41, 5.74) is 0.911. The molecule has 3 aromatic carbocycles. The molecule has 6 nitrogen and oxygen atoms in total. The van der Waals surface area contributed by atoms with Gasteiger partial charge in [-0.1, -0.05) is 35.3 Å². The molecule has 1 amide bonds. The second-order valence-electron chi connectivity index (χ2n) is 6.02. The lowest BCUT2D eigenvalue weighted by Crippen LogP contribution is -2.20. The van der Waals surface area contributed by atoms with Gasteiger partial charge in [0.25, 0.3) is 15.9 Å². The minimum Gasteiger partial charge on any atom is -0.484 e. The Hall–Kier alpha value is -2.26. The molecule has 156 valence electrons. The molecule has 0 saturated carbocycles. The maximum atomic E-state index is 12.5. The molecule has 3 aromatic rings. The minimum absolute atomic E-state index is 0.0265.